The fraction of sp³-hybridized carbons (Fsp3) is 0.571. The van der Waals surface area contributed by atoms with Crippen LogP contribution in [-0.4, -0.2) is 11.0 Å². The fourth-order valence-electron chi connectivity index (χ4n) is 2.75. The lowest BCUT2D eigenvalue weighted by Crippen LogP contribution is -2.33. The Morgan fingerprint density at radius 3 is 2.39 bits per heavy atom. The van der Waals surface area contributed by atoms with Crippen LogP contribution in [0.4, 0.5) is 5.69 Å². The molecule has 1 fully saturated rings. The van der Waals surface area contributed by atoms with Crippen molar-refractivity contribution in [1.82, 2.24) is 0 Å². The van der Waals surface area contributed by atoms with Crippen molar-refractivity contribution in [2.24, 2.45) is 11.7 Å². The van der Waals surface area contributed by atoms with E-state index in [-0.39, 0.29) is 16.7 Å². The van der Waals surface area contributed by atoms with Crippen molar-refractivity contribution in [2.75, 3.05) is 0 Å². The van der Waals surface area contributed by atoms with Gasteiger partial charge >= 0.3 is 0 Å². The fourth-order valence-corrected chi connectivity index (χ4v) is 2.75. The minimum atomic E-state index is -0.370. The minimum Gasteiger partial charge on any atom is -0.327 e. The van der Waals surface area contributed by atoms with Crippen LogP contribution >= 0.6 is 0 Å². The number of non-ortho nitro benzene ring substituents is 1. The number of nitro benzene ring substituents is 1. The van der Waals surface area contributed by atoms with Crippen LogP contribution in [0, 0.1) is 16.0 Å². The number of nitrogens with two attached hydrogens (primary N) is 1. The molecule has 1 aliphatic rings. The monoisotopic (exact) mass is 248 g/mol. The van der Waals surface area contributed by atoms with Crippen LogP contribution in [0.15, 0.2) is 24.3 Å². The van der Waals surface area contributed by atoms with E-state index < -0.39 is 0 Å². The second-order valence-electron chi connectivity index (χ2n) is 5.19. The van der Waals surface area contributed by atoms with Crippen LogP contribution in [0.5, 0.6) is 0 Å². The molecule has 0 aliphatic heterocycles. The zero-order valence-corrected chi connectivity index (χ0v) is 10.5. The zero-order chi connectivity index (χ0) is 13.0. The molecule has 1 aromatic rings. The molecule has 0 radical (unpaired) electrons. The summed E-state index contributed by atoms with van der Waals surface area (Å²) in [6.45, 7) is 0. The Kier molecular flexibility index (Phi) is 4.31. The summed E-state index contributed by atoms with van der Waals surface area (Å²) in [6.07, 6.45) is 7.20. The first-order chi connectivity index (χ1) is 8.66. The molecule has 1 aromatic carbocycles. The summed E-state index contributed by atoms with van der Waals surface area (Å²) in [5, 5.41) is 10.6. The number of nitrogens with zero attached hydrogens (tertiary/aromatic N) is 1. The molecule has 1 unspecified atom stereocenters. The van der Waals surface area contributed by atoms with Crippen molar-refractivity contribution in [3.63, 3.8) is 0 Å². The van der Waals surface area contributed by atoms with Crippen molar-refractivity contribution in [3.8, 4) is 0 Å². The lowest BCUT2D eigenvalue weighted by Gasteiger charge is -2.27. The predicted molar refractivity (Wildman–Crippen MR) is 71.4 cm³/mol. The molecule has 0 bridgehead atoms. The molecule has 2 rings (SSSR count). The number of rotatable bonds is 4. The van der Waals surface area contributed by atoms with Gasteiger partial charge in [0.15, 0.2) is 0 Å². The summed E-state index contributed by atoms with van der Waals surface area (Å²) in [5.74, 6) is 0.619. The van der Waals surface area contributed by atoms with E-state index in [1.807, 2.05) is 12.1 Å². The topological polar surface area (TPSA) is 69.2 Å². The van der Waals surface area contributed by atoms with Crippen molar-refractivity contribution in [1.29, 1.82) is 0 Å². The zero-order valence-electron chi connectivity index (χ0n) is 10.5. The normalized spacial score (nSPS) is 18.5. The Labute approximate surface area is 107 Å². The van der Waals surface area contributed by atoms with E-state index in [9.17, 15) is 10.1 Å². The molecule has 4 nitrogen and oxygen atoms in total. The third-order valence-corrected chi connectivity index (χ3v) is 3.87. The number of hydrogen-bond donors (Lipinski definition) is 1. The van der Waals surface area contributed by atoms with E-state index in [1.54, 1.807) is 12.1 Å². The first-order valence-corrected chi connectivity index (χ1v) is 6.66. The lowest BCUT2D eigenvalue weighted by molar-refractivity contribution is -0.384. The van der Waals surface area contributed by atoms with Crippen molar-refractivity contribution >= 4 is 5.69 Å². The Hall–Kier alpha value is -1.42. The van der Waals surface area contributed by atoms with Gasteiger partial charge in [-0.05, 0) is 30.7 Å². The van der Waals surface area contributed by atoms with Crippen LogP contribution in [0.3, 0.4) is 0 Å². The van der Waals surface area contributed by atoms with Gasteiger partial charge in [0.2, 0.25) is 0 Å². The maximum Gasteiger partial charge on any atom is 0.269 e. The second kappa shape index (κ2) is 5.96. The second-order valence-corrected chi connectivity index (χ2v) is 5.19. The molecule has 0 aromatic heterocycles. The van der Waals surface area contributed by atoms with Crippen LogP contribution in [0.2, 0.25) is 0 Å². The average molecular weight is 248 g/mol. The summed E-state index contributed by atoms with van der Waals surface area (Å²) in [7, 11) is 0. The maximum atomic E-state index is 10.6. The Bertz CT molecular complexity index is 397. The lowest BCUT2D eigenvalue weighted by atomic mass is 9.82. The third kappa shape index (κ3) is 3.29. The first kappa shape index (κ1) is 13.0. The van der Waals surface area contributed by atoms with E-state index in [2.05, 4.69) is 0 Å². The van der Waals surface area contributed by atoms with Gasteiger partial charge in [-0.25, -0.2) is 0 Å². The highest BCUT2D eigenvalue weighted by molar-refractivity contribution is 5.33. The summed E-state index contributed by atoms with van der Waals surface area (Å²) in [4.78, 5) is 10.2. The molecule has 0 saturated heterocycles. The average Bonchev–Trinajstić information content (AvgIpc) is 2.40. The Balaban J connectivity index is 1.93. The van der Waals surface area contributed by atoms with Gasteiger partial charge in [-0.15, -0.1) is 0 Å². The number of nitro groups is 1. The molecule has 98 valence electrons. The highest BCUT2D eigenvalue weighted by Crippen LogP contribution is 2.27. The highest BCUT2D eigenvalue weighted by Gasteiger charge is 2.20. The molecule has 0 spiro atoms. The van der Waals surface area contributed by atoms with E-state index in [1.165, 1.54) is 32.1 Å². The Morgan fingerprint density at radius 2 is 1.83 bits per heavy atom. The van der Waals surface area contributed by atoms with E-state index in [4.69, 9.17) is 5.73 Å². The van der Waals surface area contributed by atoms with Crippen molar-refractivity contribution in [2.45, 2.75) is 44.6 Å². The van der Waals surface area contributed by atoms with Crippen LogP contribution < -0.4 is 5.73 Å². The molecular formula is C14H20N2O2. The van der Waals surface area contributed by atoms with Crippen LogP contribution in [-0.2, 0) is 6.42 Å². The Morgan fingerprint density at radius 1 is 1.22 bits per heavy atom. The number of hydrogen-bond acceptors (Lipinski definition) is 3. The summed E-state index contributed by atoms with van der Waals surface area (Å²) in [5.41, 5.74) is 7.48. The maximum absolute atomic E-state index is 10.6. The molecule has 1 saturated carbocycles. The van der Waals surface area contributed by atoms with Gasteiger partial charge in [-0.3, -0.25) is 10.1 Å². The molecule has 1 aliphatic carbocycles. The van der Waals surface area contributed by atoms with E-state index in [0.29, 0.717) is 5.92 Å². The smallest absolute Gasteiger partial charge is 0.269 e. The molecule has 18 heavy (non-hydrogen) atoms. The van der Waals surface area contributed by atoms with Gasteiger partial charge in [0.25, 0.3) is 5.69 Å². The molecule has 2 N–H and O–H groups in total. The van der Waals surface area contributed by atoms with Crippen LogP contribution in [0.1, 0.15) is 37.7 Å². The number of benzene rings is 1. The first-order valence-electron chi connectivity index (χ1n) is 6.66. The summed E-state index contributed by atoms with van der Waals surface area (Å²) < 4.78 is 0. The molecular weight excluding hydrogens is 228 g/mol. The van der Waals surface area contributed by atoms with Gasteiger partial charge in [0, 0.05) is 18.2 Å². The molecule has 1 atom stereocenters. The van der Waals surface area contributed by atoms with Gasteiger partial charge < -0.3 is 5.73 Å². The summed E-state index contributed by atoms with van der Waals surface area (Å²) >= 11 is 0. The van der Waals surface area contributed by atoms with E-state index in [0.717, 1.165) is 12.0 Å². The van der Waals surface area contributed by atoms with E-state index >= 15 is 0 Å². The van der Waals surface area contributed by atoms with Gasteiger partial charge in [-0.1, -0.05) is 31.4 Å². The van der Waals surface area contributed by atoms with Crippen LogP contribution in [0.25, 0.3) is 0 Å². The van der Waals surface area contributed by atoms with Crippen molar-refractivity contribution < 1.29 is 4.92 Å². The van der Waals surface area contributed by atoms with Gasteiger partial charge in [0.05, 0.1) is 4.92 Å². The highest BCUT2D eigenvalue weighted by atomic mass is 16.6. The standard InChI is InChI=1S/C14H20N2O2/c15-14(12-4-2-1-3-5-12)10-11-6-8-13(9-7-11)16(17)18/h6-9,12,14H,1-5,10,15H2. The molecule has 4 heteroatoms. The molecule has 0 amide bonds. The predicted octanol–water partition coefficient (Wildman–Crippen LogP) is 3.04. The quantitative estimate of drug-likeness (QED) is 0.657. The van der Waals surface area contributed by atoms with Gasteiger partial charge in [0.1, 0.15) is 0 Å². The van der Waals surface area contributed by atoms with Gasteiger partial charge in [-0.2, -0.15) is 0 Å². The molecule has 0 heterocycles. The summed E-state index contributed by atoms with van der Waals surface area (Å²) in [6, 6.07) is 6.94. The largest absolute Gasteiger partial charge is 0.327 e. The third-order valence-electron chi connectivity index (χ3n) is 3.87. The SMILES string of the molecule is NC(Cc1ccc([N+](=O)[O-])cc1)C1CCCCC1. The minimum absolute atomic E-state index is 0.144. The van der Waals surface area contributed by atoms with Crippen molar-refractivity contribution in [3.05, 3.63) is 39.9 Å².